The van der Waals surface area contributed by atoms with E-state index >= 15 is 0 Å². The highest BCUT2D eigenvalue weighted by atomic mass is 127. The standard InChI is InChI=1S/C21H19IN4O2S/c1-2-13-7-9-15(10-8-13)26-12-14(11-18(26)27)20-24-25-21(29-20)23-19(28)16-5-3-4-6-17(16)22/h3-10,14H,2,11-12H2,1H3,(H,23,25,28). The highest BCUT2D eigenvalue weighted by Gasteiger charge is 2.34. The van der Waals surface area contributed by atoms with Gasteiger partial charge in [-0.1, -0.05) is 42.5 Å². The summed E-state index contributed by atoms with van der Waals surface area (Å²) in [6.45, 7) is 2.68. The Kier molecular flexibility index (Phi) is 5.91. The molecule has 2 aromatic carbocycles. The van der Waals surface area contributed by atoms with E-state index in [-0.39, 0.29) is 17.7 Å². The lowest BCUT2D eigenvalue weighted by atomic mass is 10.1. The molecule has 29 heavy (non-hydrogen) atoms. The van der Waals surface area contributed by atoms with E-state index in [0.717, 1.165) is 20.7 Å². The van der Waals surface area contributed by atoms with E-state index in [2.05, 4.69) is 57.2 Å². The first-order chi connectivity index (χ1) is 14.0. The molecule has 1 saturated heterocycles. The van der Waals surface area contributed by atoms with Crippen LogP contribution in [0.2, 0.25) is 0 Å². The van der Waals surface area contributed by atoms with E-state index < -0.39 is 0 Å². The zero-order valence-electron chi connectivity index (χ0n) is 15.8. The van der Waals surface area contributed by atoms with Gasteiger partial charge >= 0.3 is 0 Å². The zero-order chi connectivity index (χ0) is 20.4. The molecule has 0 radical (unpaired) electrons. The first-order valence-electron chi connectivity index (χ1n) is 9.33. The molecule has 1 aromatic heterocycles. The third-order valence-electron chi connectivity index (χ3n) is 4.91. The molecule has 6 nitrogen and oxygen atoms in total. The van der Waals surface area contributed by atoms with Crippen molar-refractivity contribution >= 4 is 56.6 Å². The summed E-state index contributed by atoms with van der Waals surface area (Å²) in [7, 11) is 0. The van der Waals surface area contributed by atoms with Gasteiger partial charge in [-0.15, -0.1) is 10.2 Å². The SMILES string of the molecule is CCc1ccc(N2CC(c3nnc(NC(=O)c4ccccc4I)s3)CC2=O)cc1. The predicted molar refractivity (Wildman–Crippen MR) is 123 cm³/mol. The Bertz CT molecular complexity index is 1050. The lowest BCUT2D eigenvalue weighted by molar-refractivity contribution is -0.117. The molecule has 0 spiro atoms. The lowest BCUT2D eigenvalue weighted by Gasteiger charge is -2.16. The fourth-order valence-corrected chi connectivity index (χ4v) is 4.76. The molecule has 3 aromatic rings. The molecule has 0 aliphatic carbocycles. The van der Waals surface area contributed by atoms with Gasteiger partial charge in [0.25, 0.3) is 5.91 Å². The average Bonchev–Trinajstić information content (AvgIpc) is 3.35. The van der Waals surface area contributed by atoms with Crippen molar-refractivity contribution in [1.29, 1.82) is 0 Å². The maximum atomic E-state index is 12.5. The number of hydrogen-bond acceptors (Lipinski definition) is 5. The predicted octanol–water partition coefficient (Wildman–Crippen LogP) is 4.48. The van der Waals surface area contributed by atoms with Gasteiger partial charge in [0.05, 0.1) is 5.56 Å². The van der Waals surface area contributed by atoms with Gasteiger partial charge in [0.15, 0.2) is 0 Å². The number of nitrogens with zero attached hydrogens (tertiary/aromatic N) is 3. The summed E-state index contributed by atoms with van der Waals surface area (Å²) in [5, 5.41) is 12.4. The van der Waals surface area contributed by atoms with Gasteiger partial charge in [0.1, 0.15) is 5.01 Å². The molecule has 4 rings (SSSR count). The Hall–Kier alpha value is -2.33. The van der Waals surface area contributed by atoms with Crippen molar-refractivity contribution in [2.45, 2.75) is 25.7 Å². The molecule has 1 unspecified atom stereocenters. The number of hydrogen-bond donors (Lipinski definition) is 1. The molecular weight excluding hydrogens is 499 g/mol. The summed E-state index contributed by atoms with van der Waals surface area (Å²) >= 11 is 3.46. The van der Waals surface area contributed by atoms with Crippen molar-refractivity contribution in [1.82, 2.24) is 10.2 Å². The van der Waals surface area contributed by atoms with Crippen LogP contribution in [-0.4, -0.2) is 28.6 Å². The topological polar surface area (TPSA) is 75.2 Å². The zero-order valence-corrected chi connectivity index (χ0v) is 18.7. The summed E-state index contributed by atoms with van der Waals surface area (Å²) in [6, 6.07) is 15.5. The molecule has 2 heterocycles. The first kappa shape index (κ1) is 20.0. The maximum absolute atomic E-state index is 12.5. The summed E-state index contributed by atoms with van der Waals surface area (Å²) in [5.41, 5.74) is 2.75. The van der Waals surface area contributed by atoms with E-state index in [4.69, 9.17) is 0 Å². The van der Waals surface area contributed by atoms with E-state index in [0.29, 0.717) is 23.7 Å². The van der Waals surface area contributed by atoms with Crippen LogP contribution in [0, 0.1) is 3.57 Å². The number of rotatable bonds is 5. The molecule has 1 aliphatic rings. The molecule has 148 valence electrons. The van der Waals surface area contributed by atoms with Crippen molar-refractivity contribution in [3.05, 3.63) is 68.2 Å². The van der Waals surface area contributed by atoms with E-state index in [9.17, 15) is 9.59 Å². The van der Waals surface area contributed by atoms with Gasteiger partial charge in [-0.05, 0) is 58.8 Å². The first-order valence-corrected chi connectivity index (χ1v) is 11.2. The van der Waals surface area contributed by atoms with Crippen LogP contribution in [0.5, 0.6) is 0 Å². The highest BCUT2D eigenvalue weighted by Crippen LogP contribution is 2.34. The van der Waals surface area contributed by atoms with Gasteiger partial charge in [-0.3, -0.25) is 14.9 Å². The van der Waals surface area contributed by atoms with Crippen LogP contribution < -0.4 is 10.2 Å². The van der Waals surface area contributed by atoms with Gasteiger partial charge in [0.2, 0.25) is 11.0 Å². The molecule has 8 heteroatoms. The number of aromatic nitrogens is 2. The summed E-state index contributed by atoms with van der Waals surface area (Å²) < 4.78 is 0.874. The van der Waals surface area contributed by atoms with Crippen LogP contribution in [0.1, 0.15) is 40.2 Å². The quantitative estimate of drug-likeness (QED) is 0.506. The molecular formula is C21H19IN4O2S. The van der Waals surface area contributed by atoms with Crippen LogP contribution in [-0.2, 0) is 11.2 Å². The summed E-state index contributed by atoms with van der Waals surface area (Å²) in [6.07, 6.45) is 1.37. The van der Waals surface area contributed by atoms with E-state index in [1.807, 2.05) is 30.3 Å². The monoisotopic (exact) mass is 518 g/mol. The second kappa shape index (κ2) is 8.58. The Balaban J connectivity index is 1.45. The second-order valence-corrected chi connectivity index (χ2v) is 8.98. The van der Waals surface area contributed by atoms with E-state index in [1.54, 1.807) is 11.0 Å². The third-order valence-corrected chi connectivity index (χ3v) is 6.85. The Morgan fingerprint density at radius 2 is 1.97 bits per heavy atom. The van der Waals surface area contributed by atoms with E-state index in [1.165, 1.54) is 16.9 Å². The number of carbonyl (C=O) groups is 2. The van der Waals surface area contributed by atoms with Crippen LogP contribution >= 0.6 is 33.9 Å². The molecule has 2 amide bonds. The minimum atomic E-state index is -0.210. The number of aryl methyl sites for hydroxylation is 1. The minimum absolute atomic E-state index is 0.0200. The normalized spacial score (nSPS) is 16.3. The fourth-order valence-electron chi connectivity index (χ4n) is 3.29. The highest BCUT2D eigenvalue weighted by molar-refractivity contribution is 14.1. The van der Waals surface area contributed by atoms with Crippen LogP contribution in [0.4, 0.5) is 10.8 Å². The van der Waals surface area contributed by atoms with Crippen molar-refractivity contribution in [2.24, 2.45) is 0 Å². The smallest absolute Gasteiger partial charge is 0.258 e. The minimum Gasteiger partial charge on any atom is -0.312 e. The maximum Gasteiger partial charge on any atom is 0.258 e. The average molecular weight is 518 g/mol. The summed E-state index contributed by atoms with van der Waals surface area (Å²) in [5.74, 6) is -0.148. The lowest BCUT2D eigenvalue weighted by Crippen LogP contribution is -2.24. The number of amides is 2. The van der Waals surface area contributed by atoms with Crippen LogP contribution in [0.3, 0.4) is 0 Å². The van der Waals surface area contributed by atoms with Crippen molar-refractivity contribution in [3.63, 3.8) is 0 Å². The molecule has 1 atom stereocenters. The Labute approximate surface area is 186 Å². The number of benzene rings is 2. The van der Waals surface area contributed by atoms with Crippen LogP contribution in [0.15, 0.2) is 48.5 Å². The fraction of sp³-hybridized carbons (Fsp3) is 0.238. The van der Waals surface area contributed by atoms with Crippen LogP contribution in [0.25, 0.3) is 0 Å². The number of nitrogens with one attached hydrogen (secondary N) is 1. The van der Waals surface area contributed by atoms with Crippen molar-refractivity contribution in [2.75, 3.05) is 16.8 Å². The van der Waals surface area contributed by atoms with Gasteiger partial charge in [-0.2, -0.15) is 0 Å². The number of carbonyl (C=O) groups excluding carboxylic acids is 2. The Morgan fingerprint density at radius 1 is 1.21 bits per heavy atom. The summed E-state index contributed by atoms with van der Waals surface area (Å²) in [4.78, 5) is 26.8. The molecule has 1 fully saturated rings. The molecule has 0 saturated carbocycles. The number of halogens is 1. The van der Waals surface area contributed by atoms with Crippen molar-refractivity contribution < 1.29 is 9.59 Å². The van der Waals surface area contributed by atoms with Gasteiger partial charge in [0, 0.05) is 28.1 Å². The Morgan fingerprint density at radius 3 is 2.69 bits per heavy atom. The van der Waals surface area contributed by atoms with Gasteiger partial charge in [-0.25, -0.2) is 0 Å². The second-order valence-electron chi connectivity index (χ2n) is 6.80. The third kappa shape index (κ3) is 4.32. The molecule has 1 N–H and O–H groups in total. The largest absolute Gasteiger partial charge is 0.312 e. The molecule has 0 bridgehead atoms. The number of anilines is 2. The molecule has 1 aliphatic heterocycles. The van der Waals surface area contributed by atoms with Gasteiger partial charge < -0.3 is 4.90 Å². The van der Waals surface area contributed by atoms with Crippen molar-refractivity contribution in [3.8, 4) is 0 Å².